The third-order valence-electron chi connectivity index (χ3n) is 7.37. The Labute approximate surface area is 259 Å². The lowest BCUT2D eigenvalue weighted by Crippen LogP contribution is -2.28. The number of hydrogen-bond acceptors (Lipinski definition) is 5. The highest BCUT2D eigenvalue weighted by Crippen LogP contribution is 2.45. The first-order valence-corrected chi connectivity index (χ1v) is 15.4. The Bertz CT molecular complexity index is 1570. The second kappa shape index (κ2) is 12.6. The number of thiophene rings is 1. The molecular formula is C32H31Cl3N2O3S. The van der Waals surface area contributed by atoms with Crippen LogP contribution < -0.4 is 10.1 Å². The van der Waals surface area contributed by atoms with Crippen LogP contribution in [0.3, 0.4) is 0 Å². The Morgan fingerprint density at radius 2 is 1.98 bits per heavy atom. The highest BCUT2D eigenvalue weighted by Gasteiger charge is 2.33. The van der Waals surface area contributed by atoms with Crippen LogP contribution in [0.1, 0.15) is 64.9 Å². The van der Waals surface area contributed by atoms with Crippen LogP contribution >= 0.6 is 46.1 Å². The van der Waals surface area contributed by atoms with Gasteiger partial charge in [-0.2, -0.15) is 0 Å². The molecule has 2 heterocycles. The summed E-state index contributed by atoms with van der Waals surface area (Å²) < 4.78 is 11.5. The molecule has 0 unspecified atom stereocenters. The summed E-state index contributed by atoms with van der Waals surface area (Å²) in [7, 11) is 0. The number of ether oxygens (including phenoxy) is 1. The van der Waals surface area contributed by atoms with E-state index in [1.807, 2.05) is 24.3 Å². The van der Waals surface area contributed by atoms with Crippen LogP contribution in [0.5, 0.6) is 5.75 Å². The summed E-state index contributed by atoms with van der Waals surface area (Å²) in [6.07, 6.45) is 6.14. The molecule has 5 rings (SSSR count). The number of nitrogens with one attached hydrogen (secondary N) is 1. The number of benzene rings is 2. The fraction of sp³-hybridized carbons (Fsp3) is 0.312. The molecule has 0 bridgehead atoms. The molecule has 0 saturated carbocycles. The van der Waals surface area contributed by atoms with E-state index in [1.165, 1.54) is 4.88 Å². The van der Waals surface area contributed by atoms with Crippen LogP contribution in [-0.2, 0) is 26.0 Å². The number of furan rings is 1. The predicted octanol–water partition coefficient (Wildman–Crippen LogP) is 9.71. The highest BCUT2D eigenvalue weighted by atomic mass is 35.5. The average Bonchev–Trinajstić information content (AvgIpc) is 3.58. The number of hydrogen-bond donors (Lipinski definition) is 1. The van der Waals surface area contributed by atoms with Crippen LogP contribution in [0.2, 0.25) is 15.1 Å². The molecule has 0 spiro atoms. The number of halogens is 3. The summed E-state index contributed by atoms with van der Waals surface area (Å²) in [6, 6.07) is 14.4. The maximum absolute atomic E-state index is 13.5. The van der Waals surface area contributed by atoms with E-state index in [2.05, 4.69) is 26.1 Å². The van der Waals surface area contributed by atoms with Gasteiger partial charge in [0.2, 0.25) is 0 Å². The van der Waals surface area contributed by atoms with Crippen molar-refractivity contribution in [2.45, 2.75) is 53.2 Å². The van der Waals surface area contributed by atoms with E-state index in [1.54, 1.807) is 48.1 Å². The molecule has 41 heavy (non-hydrogen) atoms. The van der Waals surface area contributed by atoms with Gasteiger partial charge in [-0.3, -0.25) is 4.79 Å². The van der Waals surface area contributed by atoms with E-state index in [4.69, 9.17) is 48.9 Å². The summed E-state index contributed by atoms with van der Waals surface area (Å²) in [4.78, 5) is 19.6. The quantitative estimate of drug-likeness (QED) is 0.197. The van der Waals surface area contributed by atoms with E-state index >= 15 is 0 Å². The topological polar surface area (TPSA) is 63.8 Å². The van der Waals surface area contributed by atoms with E-state index in [-0.39, 0.29) is 11.3 Å². The zero-order valence-electron chi connectivity index (χ0n) is 23.1. The van der Waals surface area contributed by atoms with Gasteiger partial charge in [0.25, 0.3) is 5.91 Å². The number of rotatable bonds is 8. The first-order valence-electron chi connectivity index (χ1n) is 13.4. The third kappa shape index (κ3) is 7.18. The van der Waals surface area contributed by atoms with Gasteiger partial charge in [0.05, 0.1) is 28.4 Å². The zero-order chi connectivity index (χ0) is 29.1. The van der Waals surface area contributed by atoms with Gasteiger partial charge in [0, 0.05) is 21.7 Å². The molecule has 0 fully saturated rings. The van der Waals surface area contributed by atoms with Crippen molar-refractivity contribution in [1.82, 2.24) is 5.32 Å². The average molecular weight is 630 g/mol. The molecule has 9 heteroatoms. The Hall–Kier alpha value is -2.77. The van der Waals surface area contributed by atoms with Gasteiger partial charge in [0.1, 0.15) is 23.1 Å². The minimum Gasteiger partial charge on any atom is -0.488 e. The van der Waals surface area contributed by atoms with Gasteiger partial charge >= 0.3 is 0 Å². The highest BCUT2D eigenvalue weighted by molar-refractivity contribution is 7.16. The van der Waals surface area contributed by atoms with Crippen molar-refractivity contribution >= 4 is 63.3 Å². The molecule has 1 aliphatic carbocycles. The summed E-state index contributed by atoms with van der Waals surface area (Å²) >= 11 is 20.2. The molecule has 4 aromatic rings. The molecule has 214 valence electrons. The number of fused-ring (bicyclic) bond motifs is 1. The maximum Gasteiger partial charge on any atom is 0.255 e. The monoisotopic (exact) mass is 628 g/mol. The molecule has 2 aromatic heterocycles. The lowest BCUT2D eigenvalue weighted by atomic mass is 9.72. The minimum atomic E-state index is -0.151. The molecule has 1 atom stereocenters. The lowest BCUT2D eigenvalue weighted by Gasteiger charge is -2.33. The van der Waals surface area contributed by atoms with Gasteiger partial charge < -0.3 is 14.5 Å². The Kier molecular flexibility index (Phi) is 9.15. The normalized spacial score (nSPS) is 15.2. The number of amides is 1. The van der Waals surface area contributed by atoms with Crippen LogP contribution in [-0.4, -0.2) is 12.1 Å². The lowest BCUT2D eigenvalue weighted by molar-refractivity contribution is 0.0947. The fourth-order valence-corrected chi connectivity index (χ4v) is 6.74. The van der Waals surface area contributed by atoms with Gasteiger partial charge in [-0.1, -0.05) is 61.6 Å². The van der Waals surface area contributed by atoms with Crippen molar-refractivity contribution in [3.63, 3.8) is 0 Å². The summed E-state index contributed by atoms with van der Waals surface area (Å²) in [5.41, 5.74) is 3.52. The van der Waals surface area contributed by atoms with Crippen molar-refractivity contribution in [2.24, 2.45) is 16.3 Å². The number of aliphatic imine (C=N–C) groups is 1. The van der Waals surface area contributed by atoms with Gasteiger partial charge in [-0.05, 0) is 84.2 Å². The molecule has 0 radical (unpaired) electrons. The van der Waals surface area contributed by atoms with Crippen LogP contribution in [0.25, 0.3) is 0 Å². The molecular weight excluding hydrogens is 599 g/mol. The van der Waals surface area contributed by atoms with Crippen LogP contribution in [0.15, 0.2) is 64.2 Å². The number of carbonyl (C=O) groups excluding carboxylic acids is 1. The van der Waals surface area contributed by atoms with Crippen molar-refractivity contribution in [3.05, 3.63) is 103 Å². The first kappa shape index (κ1) is 29.7. The fourth-order valence-electron chi connectivity index (χ4n) is 4.98. The molecule has 5 nitrogen and oxygen atoms in total. The van der Waals surface area contributed by atoms with Crippen LogP contribution in [0, 0.1) is 11.3 Å². The summed E-state index contributed by atoms with van der Waals surface area (Å²) in [5, 5.41) is 5.22. The SMILES string of the molecule is CC(C)(C)[C@@H]1CCc2c(sc(N=Cc3cc(Cl)ccc3OCc3ccc(Cl)c(Cl)c3)c2C(=O)NCc2ccco2)C1. The maximum atomic E-state index is 13.5. The van der Waals surface area contributed by atoms with Gasteiger partial charge in [-0.15, -0.1) is 11.3 Å². The van der Waals surface area contributed by atoms with E-state index in [9.17, 15) is 4.79 Å². The van der Waals surface area contributed by atoms with Crippen molar-refractivity contribution in [1.29, 1.82) is 0 Å². The first-order chi connectivity index (χ1) is 19.6. The van der Waals surface area contributed by atoms with Crippen molar-refractivity contribution in [2.75, 3.05) is 0 Å². The smallest absolute Gasteiger partial charge is 0.255 e. The Morgan fingerprint density at radius 1 is 1.15 bits per heavy atom. The predicted molar refractivity (Wildman–Crippen MR) is 169 cm³/mol. The Balaban J connectivity index is 1.44. The molecule has 1 aliphatic rings. The molecule has 2 aromatic carbocycles. The number of nitrogens with zero attached hydrogens (tertiary/aromatic N) is 1. The van der Waals surface area contributed by atoms with E-state index in [0.29, 0.717) is 61.8 Å². The molecule has 0 saturated heterocycles. The number of carbonyl (C=O) groups is 1. The molecule has 0 aliphatic heterocycles. The molecule has 1 N–H and O–H groups in total. The van der Waals surface area contributed by atoms with Crippen molar-refractivity contribution in [3.8, 4) is 5.75 Å². The van der Waals surface area contributed by atoms with E-state index in [0.717, 1.165) is 30.4 Å². The second-order valence-electron chi connectivity index (χ2n) is 11.2. The third-order valence-corrected chi connectivity index (χ3v) is 9.51. The standard InChI is InChI=1S/C32H31Cl3N2O3S/c1-32(2,3)21-7-9-24-28(15-21)41-31(29(24)30(38)36-17-23-5-4-12-39-23)37-16-20-14-22(33)8-11-27(20)40-18-19-6-10-25(34)26(35)13-19/h4-6,8,10-14,16,21H,7,9,15,17-18H2,1-3H3,(H,36,38)/t21-/m1/s1. The van der Waals surface area contributed by atoms with Crippen LogP contribution in [0.4, 0.5) is 5.00 Å². The minimum absolute atomic E-state index is 0.151. The largest absolute Gasteiger partial charge is 0.488 e. The van der Waals surface area contributed by atoms with Gasteiger partial charge in [0.15, 0.2) is 0 Å². The zero-order valence-corrected chi connectivity index (χ0v) is 26.2. The van der Waals surface area contributed by atoms with E-state index < -0.39 is 0 Å². The summed E-state index contributed by atoms with van der Waals surface area (Å²) in [5.74, 6) is 1.70. The molecule has 1 amide bonds. The van der Waals surface area contributed by atoms with Crippen molar-refractivity contribution < 1.29 is 13.9 Å². The summed E-state index contributed by atoms with van der Waals surface area (Å²) in [6.45, 7) is 7.45. The second-order valence-corrected chi connectivity index (χ2v) is 13.6. The Morgan fingerprint density at radius 3 is 2.71 bits per heavy atom. The van der Waals surface area contributed by atoms with Gasteiger partial charge in [-0.25, -0.2) is 4.99 Å².